The number of hydrogen-bond donors (Lipinski definition) is 1. The van der Waals surface area contributed by atoms with Crippen LogP contribution in [0.5, 0.6) is 0 Å². The minimum Gasteiger partial charge on any atom is -0.371 e. The van der Waals surface area contributed by atoms with Crippen LogP contribution in [0.1, 0.15) is 18.4 Å². The summed E-state index contributed by atoms with van der Waals surface area (Å²) in [6.07, 6.45) is 2.71. The van der Waals surface area contributed by atoms with Crippen LogP contribution in [0.4, 0.5) is 5.69 Å². The first-order valence-electron chi connectivity index (χ1n) is 5.14. The molecule has 0 amide bonds. The monoisotopic (exact) mass is 220 g/mol. The third-order valence-corrected chi connectivity index (χ3v) is 2.56. The average molecular weight is 220 g/mol. The smallest absolute Gasteiger partial charge is 0.0554 e. The van der Waals surface area contributed by atoms with Gasteiger partial charge in [0.05, 0.1) is 5.16 Å². The highest BCUT2D eigenvalue weighted by molar-refractivity contribution is 7.78. The molecule has 15 heavy (non-hydrogen) atoms. The first-order valence-corrected chi connectivity index (χ1v) is 5.55. The lowest BCUT2D eigenvalue weighted by molar-refractivity contribution is 0.949. The van der Waals surface area contributed by atoms with Crippen molar-refractivity contribution in [1.29, 1.82) is 5.41 Å². The number of para-hydroxylation sites is 1. The molecule has 1 fully saturated rings. The maximum absolute atomic E-state index is 5.77. The maximum Gasteiger partial charge on any atom is 0.0554 e. The predicted molar refractivity (Wildman–Crippen MR) is 67.9 cm³/mol. The molecule has 0 aromatic heterocycles. The molecule has 0 unspecified atom stereocenters. The lowest BCUT2D eigenvalue weighted by Gasteiger charge is -2.19. The van der Waals surface area contributed by atoms with Crippen molar-refractivity contribution in [2.24, 2.45) is 0 Å². The largest absolute Gasteiger partial charge is 0.371 e. The number of nitrogens with zero attached hydrogens (tertiary/aromatic N) is 1. The molecule has 2 nitrogen and oxygen atoms in total. The van der Waals surface area contributed by atoms with Gasteiger partial charge >= 0.3 is 0 Å². The zero-order chi connectivity index (χ0) is 11.1. The molecule has 1 aromatic carbocycles. The summed E-state index contributed by atoms with van der Waals surface area (Å²) >= 11 is 3.81. The normalized spacial score (nSPS) is 14.1. The summed E-state index contributed by atoms with van der Waals surface area (Å²) in [7, 11) is 0. The molecule has 0 saturated carbocycles. The van der Waals surface area contributed by atoms with Crippen LogP contribution in [0, 0.1) is 12.3 Å². The zero-order valence-corrected chi connectivity index (χ0v) is 9.81. The quantitative estimate of drug-likeness (QED) is 0.581. The van der Waals surface area contributed by atoms with Crippen LogP contribution < -0.4 is 4.90 Å². The Morgan fingerprint density at radius 1 is 1.27 bits per heavy atom. The van der Waals surface area contributed by atoms with E-state index in [1.807, 2.05) is 0 Å². The van der Waals surface area contributed by atoms with Gasteiger partial charge in [0.1, 0.15) is 0 Å². The Morgan fingerprint density at radius 3 is 2.33 bits per heavy atom. The summed E-state index contributed by atoms with van der Waals surface area (Å²) in [6.45, 7) is 4.67. The number of aryl methyl sites for hydroxylation is 1. The molecule has 1 N–H and O–H groups in total. The lowest BCUT2D eigenvalue weighted by atomic mass is 10.2. The summed E-state index contributed by atoms with van der Waals surface area (Å²) in [5.41, 5.74) is 2.83. The van der Waals surface area contributed by atoms with Gasteiger partial charge < -0.3 is 4.90 Å². The van der Waals surface area contributed by atoms with Crippen molar-refractivity contribution in [3.8, 4) is 0 Å². The van der Waals surface area contributed by atoms with Crippen LogP contribution >= 0.6 is 12.2 Å². The van der Waals surface area contributed by atoms with E-state index in [0.29, 0.717) is 0 Å². The molecule has 1 aromatic rings. The van der Waals surface area contributed by atoms with Gasteiger partial charge in [-0.25, -0.2) is 5.41 Å². The number of hydrogen-bond acceptors (Lipinski definition) is 3. The SMILES string of the molecule is Cc1ccccc1N1CCCC1.N=C=S. The Morgan fingerprint density at radius 2 is 1.80 bits per heavy atom. The summed E-state index contributed by atoms with van der Waals surface area (Å²) in [5.74, 6) is 0. The fourth-order valence-corrected chi connectivity index (χ4v) is 1.88. The van der Waals surface area contributed by atoms with Crippen molar-refractivity contribution >= 4 is 23.1 Å². The molecule has 1 aliphatic heterocycles. The highest BCUT2D eigenvalue weighted by Crippen LogP contribution is 2.23. The zero-order valence-electron chi connectivity index (χ0n) is 8.99. The van der Waals surface area contributed by atoms with E-state index in [4.69, 9.17) is 5.41 Å². The fraction of sp³-hybridized carbons (Fsp3) is 0.417. The highest BCUT2D eigenvalue weighted by Gasteiger charge is 2.12. The van der Waals surface area contributed by atoms with E-state index in [-0.39, 0.29) is 0 Å². The summed E-state index contributed by atoms with van der Waals surface area (Å²) in [4.78, 5) is 2.48. The molecule has 1 heterocycles. The molecule has 80 valence electrons. The van der Waals surface area contributed by atoms with Crippen LogP contribution in [-0.4, -0.2) is 18.3 Å². The van der Waals surface area contributed by atoms with Gasteiger partial charge in [-0.2, -0.15) is 0 Å². The van der Waals surface area contributed by atoms with E-state index in [2.05, 4.69) is 48.3 Å². The van der Waals surface area contributed by atoms with Gasteiger partial charge in [-0.3, -0.25) is 0 Å². The van der Waals surface area contributed by atoms with Crippen molar-refractivity contribution in [2.45, 2.75) is 19.8 Å². The number of anilines is 1. The third-order valence-electron chi connectivity index (χ3n) is 2.56. The Bertz CT molecular complexity index is 337. The van der Waals surface area contributed by atoms with Gasteiger partial charge in [0.15, 0.2) is 0 Å². The second kappa shape index (κ2) is 6.33. The number of thiocarbonyl (C=S) groups is 1. The van der Waals surface area contributed by atoms with Gasteiger partial charge in [-0.1, -0.05) is 18.2 Å². The second-order valence-corrected chi connectivity index (χ2v) is 3.79. The average Bonchev–Trinajstić information content (AvgIpc) is 2.72. The van der Waals surface area contributed by atoms with Crippen molar-refractivity contribution in [2.75, 3.05) is 18.0 Å². The molecule has 1 aliphatic rings. The van der Waals surface area contributed by atoms with Crippen LogP contribution in [0.25, 0.3) is 0 Å². The molecule has 1 saturated heterocycles. The Balaban J connectivity index is 0.000000337. The van der Waals surface area contributed by atoms with Crippen LogP contribution in [-0.2, 0) is 0 Å². The Hall–Kier alpha value is -1.18. The lowest BCUT2D eigenvalue weighted by Crippen LogP contribution is -2.18. The molecular formula is C12H16N2S. The summed E-state index contributed by atoms with van der Waals surface area (Å²) in [5, 5.41) is 7.36. The van der Waals surface area contributed by atoms with Crippen molar-refractivity contribution in [3.05, 3.63) is 29.8 Å². The molecule has 3 heteroatoms. The topological polar surface area (TPSA) is 27.1 Å². The van der Waals surface area contributed by atoms with E-state index < -0.39 is 0 Å². The molecule has 0 atom stereocenters. The van der Waals surface area contributed by atoms with E-state index in [0.717, 1.165) is 0 Å². The first-order chi connectivity index (χ1) is 7.29. The van der Waals surface area contributed by atoms with Crippen molar-refractivity contribution < 1.29 is 0 Å². The molecule has 0 spiro atoms. The third kappa shape index (κ3) is 3.46. The van der Waals surface area contributed by atoms with E-state index in [1.54, 1.807) is 5.16 Å². The predicted octanol–water partition coefficient (Wildman–Crippen LogP) is 3.26. The van der Waals surface area contributed by atoms with Crippen LogP contribution in [0.2, 0.25) is 0 Å². The molecule has 0 radical (unpaired) electrons. The number of isothiocyanates is 1. The second-order valence-electron chi connectivity index (χ2n) is 3.58. The Kier molecular flexibility index (Phi) is 5.02. The van der Waals surface area contributed by atoms with Gasteiger partial charge in [-0.05, 0) is 43.6 Å². The Labute approximate surface area is 96.4 Å². The van der Waals surface area contributed by atoms with Crippen molar-refractivity contribution in [3.63, 3.8) is 0 Å². The van der Waals surface area contributed by atoms with E-state index in [1.165, 1.54) is 37.2 Å². The fourth-order valence-electron chi connectivity index (χ4n) is 1.88. The minimum atomic E-state index is 1.24. The minimum absolute atomic E-state index is 1.24. The highest BCUT2D eigenvalue weighted by atomic mass is 32.1. The van der Waals surface area contributed by atoms with E-state index >= 15 is 0 Å². The van der Waals surface area contributed by atoms with Crippen molar-refractivity contribution in [1.82, 2.24) is 0 Å². The molecule has 0 aliphatic carbocycles. The standard InChI is InChI=1S/C11H15N.CHNS/c1-10-6-2-3-7-11(10)12-8-4-5-9-12;2-1-3/h2-3,6-7H,4-5,8-9H2,1H3;2H. The van der Waals surface area contributed by atoms with Crippen LogP contribution in [0.15, 0.2) is 24.3 Å². The number of benzene rings is 1. The molecular weight excluding hydrogens is 204 g/mol. The van der Waals surface area contributed by atoms with Gasteiger partial charge in [-0.15, -0.1) is 0 Å². The van der Waals surface area contributed by atoms with Gasteiger partial charge in [0.2, 0.25) is 0 Å². The number of rotatable bonds is 1. The van der Waals surface area contributed by atoms with Gasteiger partial charge in [0, 0.05) is 18.8 Å². The first kappa shape index (κ1) is 11.9. The maximum atomic E-state index is 5.77. The van der Waals surface area contributed by atoms with E-state index in [9.17, 15) is 0 Å². The summed E-state index contributed by atoms with van der Waals surface area (Å²) < 4.78 is 0. The summed E-state index contributed by atoms with van der Waals surface area (Å²) in [6, 6.07) is 8.64. The number of nitrogens with one attached hydrogen (secondary N) is 1. The van der Waals surface area contributed by atoms with Crippen LogP contribution in [0.3, 0.4) is 0 Å². The molecule has 0 bridgehead atoms. The van der Waals surface area contributed by atoms with Gasteiger partial charge in [0.25, 0.3) is 0 Å². The molecule has 2 rings (SSSR count).